The number of hydrogen-bond donors (Lipinski definition) is 3. The van der Waals surface area contributed by atoms with Gasteiger partial charge in [0, 0.05) is 11.0 Å². The Bertz CT molecular complexity index is 1320. The molecular weight excluding hydrogens is 492 g/mol. The van der Waals surface area contributed by atoms with Crippen molar-refractivity contribution < 1.29 is 27.9 Å². The largest absolute Gasteiger partial charge is 0.508 e. The van der Waals surface area contributed by atoms with Gasteiger partial charge in [-0.1, -0.05) is 13.0 Å². The number of benzene rings is 2. The van der Waals surface area contributed by atoms with E-state index in [1.165, 1.54) is 35.4 Å². The molecule has 3 unspecified atom stereocenters. The zero-order valence-electron chi connectivity index (χ0n) is 21.1. The fraction of sp³-hybridized carbons (Fsp3) is 0.500. The third-order valence-electron chi connectivity index (χ3n) is 9.03. The molecule has 2 saturated carbocycles. The summed E-state index contributed by atoms with van der Waals surface area (Å²) in [5.41, 5.74) is 2.75. The highest BCUT2D eigenvalue weighted by molar-refractivity contribution is 7.89. The smallest absolute Gasteiger partial charge is 0.328 e. The van der Waals surface area contributed by atoms with E-state index in [0.29, 0.717) is 23.5 Å². The van der Waals surface area contributed by atoms with Crippen LogP contribution in [0.4, 0.5) is 0 Å². The molecule has 198 valence electrons. The molecule has 0 aliphatic heterocycles. The Labute approximate surface area is 217 Å². The van der Waals surface area contributed by atoms with Crippen LogP contribution in [0.25, 0.3) is 0 Å². The van der Waals surface area contributed by atoms with Crippen molar-refractivity contribution in [1.29, 1.82) is 0 Å². The number of primary sulfonamides is 1. The number of phenols is 1. The van der Waals surface area contributed by atoms with Crippen LogP contribution in [0.3, 0.4) is 0 Å². The molecule has 37 heavy (non-hydrogen) atoms. The van der Waals surface area contributed by atoms with Crippen LogP contribution in [0.5, 0.6) is 5.75 Å². The van der Waals surface area contributed by atoms with Gasteiger partial charge in [-0.3, -0.25) is 4.79 Å². The van der Waals surface area contributed by atoms with Crippen molar-refractivity contribution in [1.82, 2.24) is 5.32 Å². The summed E-state index contributed by atoms with van der Waals surface area (Å²) in [6, 6.07) is 10.2. The van der Waals surface area contributed by atoms with Gasteiger partial charge < -0.3 is 15.2 Å². The molecule has 9 heteroatoms. The molecule has 0 heterocycles. The molecular formula is C28H34N2O6S. The van der Waals surface area contributed by atoms with Crippen LogP contribution in [0.1, 0.15) is 73.4 Å². The fourth-order valence-corrected chi connectivity index (χ4v) is 7.61. The van der Waals surface area contributed by atoms with E-state index in [4.69, 9.17) is 9.88 Å². The Morgan fingerprint density at radius 1 is 1.11 bits per heavy atom. The molecule has 3 aliphatic rings. The molecule has 2 aromatic rings. The number of esters is 1. The van der Waals surface area contributed by atoms with Crippen molar-refractivity contribution in [3.05, 3.63) is 59.2 Å². The topological polar surface area (TPSA) is 136 Å². The zero-order valence-corrected chi connectivity index (χ0v) is 22.0. The number of sulfonamides is 1. The number of carbonyl (C=O) groups excluding carboxylic acids is 2. The monoisotopic (exact) mass is 526 g/mol. The minimum Gasteiger partial charge on any atom is -0.508 e. The second-order valence-corrected chi connectivity index (χ2v) is 12.7. The first-order valence-electron chi connectivity index (χ1n) is 12.9. The molecule has 8 nitrogen and oxygen atoms in total. The van der Waals surface area contributed by atoms with Crippen LogP contribution in [0.2, 0.25) is 0 Å². The van der Waals surface area contributed by atoms with Gasteiger partial charge in [0.1, 0.15) is 17.9 Å². The lowest BCUT2D eigenvalue weighted by molar-refractivity contribution is -0.159. The number of carbonyl (C=O) groups is 2. The van der Waals surface area contributed by atoms with Crippen LogP contribution in [0, 0.1) is 17.3 Å². The first-order chi connectivity index (χ1) is 17.5. The number of phenolic OH excluding ortho intramolecular Hbond substituents is 1. The minimum absolute atomic E-state index is 0.0881. The van der Waals surface area contributed by atoms with Crippen LogP contribution >= 0.6 is 0 Å². The molecule has 0 spiro atoms. The van der Waals surface area contributed by atoms with E-state index < -0.39 is 27.9 Å². The molecule has 6 atom stereocenters. The van der Waals surface area contributed by atoms with Gasteiger partial charge in [-0.2, -0.15) is 0 Å². The van der Waals surface area contributed by atoms with Gasteiger partial charge >= 0.3 is 5.97 Å². The maximum Gasteiger partial charge on any atom is 0.328 e. The van der Waals surface area contributed by atoms with E-state index >= 15 is 0 Å². The lowest BCUT2D eigenvalue weighted by Crippen LogP contribution is -2.47. The Hall–Kier alpha value is -2.91. The Morgan fingerprint density at radius 3 is 2.54 bits per heavy atom. The lowest BCUT2D eigenvalue weighted by atomic mass is 9.55. The van der Waals surface area contributed by atoms with E-state index in [2.05, 4.69) is 18.3 Å². The summed E-state index contributed by atoms with van der Waals surface area (Å²) in [6.45, 7) is 3.85. The lowest BCUT2D eigenvalue weighted by Gasteiger charge is -2.50. The fourth-order valence-electron chi connectivity index (χ4n) is 7.09. The molecule has 4 N–H and O–H groups in total. The normalized spacial score (nSPS) is 29.4. The molecule has 2 fully saturated rings. The quantitative estimate of drug-likeness (QED) is 0.509. The number of hydrogen-bond acceptors (Lipinski definition) is 6. The number of ether oxygens (including phenoxy) is 1. The molecule has 0 saturated heterocycles. The van der Waals surface area contributed by atoms with Gasteiger partial charge in [0.2, 0.25) is 10.0 Å². The summed E-state index contributed by atoms with van der Waals surface area (Å²) in [5, 5.41) is 17.7. The number of aromatic hydroxyl groups is 1. The van der Waals surface area contributed by atoms with Crippen molar-refractivity contribution in [3.8, 4) is 5.75 Å². The van der Waals surface area contributed by atoms with Crippen molar-refractivity contribution in [2.24, 2.45) is 22.4 Å². The van der Waals surface area contributed by atoms with Gasteiger partial charge in [-0.05, 0) is 111 Å². The number of rotatable bonds is 5. The van der Waals surface area contributed by atoms with Gasteiger partial charge in [0.05, 0.1) is 4.90 Å². The number of nitrogens with two attached hydrogens (primary N) is 1. The van der Waals surface area contributed by atoms with E-state index in [1.807, 2.05) is 6.07 Å². The summed E-state index contributed by atoms with van der Waals surface area (Å²) in [4.78, 5) is 25.5. The van der Waals surface area contributed by atoms with Gasteiger partial charge in [-0.15, -0.1) is 0 Å². The number of fused-ring (bicyclic) bond motifs is 5. The second kappa shape index (κ2) is 9.44. The highest BCUT2D eigenvalue weighted by Crippen LogP contribution is 2.61. The Morgan fingerprint density at radius 2 is 1.84 bits per heavy atom. The number of aryl methyl sites for hydroxylation is 1. The molecule has 0 radical (unpaired) electrons. The van der Waals surface area contributed by atoms with E-state index in [0.717, 1.165) is 38.5 Å². The van der Waals surface area contributed by atoms with E-state index in [-0.39, 0.29) is 22.0 Å². The summed E-state index contributed by atoms with van der Waals surface area (Å²) < 4.78 is 28.9. The van der Waals surface area contributed by atoms with Gasteiger partial charge in [0.15, 0.2) is 0 Å². The van der Waals surface area contributed by atoms with Crippen molar-refractivity contribution >= 4 is 21.9 Å². The van der Waals surface area contributed by atoms with Crippen molar-refractivity contribution in [3.63, 3.8) is 0 Å². The average molecular weight is 527 g/mol. The number of nitrogens with one attached hydrogen (secondary N) is 1. The Balaban J connectivity index is 1.22. The maximum absolute atomic E-state index is 13.0. The molecule has 0 aromatic heterocycles. The zero-order chi connectivity index (χ0) is 26.5. The third kappa shape index (κ3) is 4.75. The van der Waals surface area contributed by atoms with E-state index in [9.17, 15) is 23.1 Å². The maximum atomic E-state index is 13.0. The first-order valence-corrected chi connectivity index (χ1v) is 14.5. The second-order valence-electron chi connectivity index (χ2n) is 11.1. The Kier molecular flexibility index (Phi) is 6.56. The van der Waals surface area contributed by atoms with Gasteiger partial charge in [-0.25, -0.2) is 18.4 Å². The third-order valence-corrected chi connectivity index (χ3v) is 9.96. The van der Waals surface area contributed by atoms with Crippen LogP contribution in [-0.2, 0) is 26.0 Å². The summed E-state index contributed by atoms with van der Waals surface area (Å²) >= 11 is 0. The predicted molar refractivity (Wildman–Crippen MR) is 137 cm³/mol. The highest BCUT2D eigenvalue weighted by atomic mass is 32.2. The molecule has 2 aromatic carbocycles. The molecule has 0 bridgehead atoms. The van der Waals surface area contributed by atoms with Crippen LogP contribution in [-0.4, -0.2) is 37.5 Å². The van der Waals surface area contributed by atoms with Crippen molar-refractivity contribution in [2.75, 3.05) is 0 Å². The minimum atomic E-state index is -3.85. The van der Waals surface area contributed by atoms with Crippen molar-refractivity contribution in [2.45, 2.75) is 75.3 Å². The number of amides is 1. The van der Waals surface area contributed by atoms with Crippen LogP contribution < -0.4 is 10.5 Å². The standard InChI is InChI=1S/C28H34N2O6S/c1-16(30-26(32)17-3-7-20(8-4-17)37(29,34)35)27(33)36-25-12-11-24-23-9-5-18-15-19(31)6-10-21(18)22(23)13-14-28(24,25)2/h3-4,6-8,10,15-16,22-25,31H,5,9,11-14H2,1-2H3,(H,30,32)(H2,29,34,35)/t16-,22?,23?,24?,25-,28-/m0/s1. The summed E-state index contributed by atoms with van der Waals surface area (Å²) in [5.74, 6) is 0.856. The summed E-state index contributed by atoms with van der Waals surface area (Å²) in [6.07, 6.45) is 5.68. The summed E-state index contributed by atoms with van der Waals surface area (Å²) in [7, 11) is -3.85. The molecule has 5 rings (SSSR count). The first kappa shape index (κ1) is 25.7. The predicted octanol–water partition coefficient (Wildman–Crippen LogP) is 3.63. The SMILES string of the molecule is C[C@H](NC(=O)c1ccc(S(N)(=O)=O)cc1)C(=O)O[C@H]1CCC2C3CCc4cc(O)ccc4C3CC[C@@]21C. The highest BCUT2D eigenvalue weighted by Gasteiger charge is 2.56. The molecule has 1 amide bonds. The average Bonchev–Trinajstić information content (AvgIpc) is 3.19. The van der Waals surface area contributed by atoms with Gasteiger partial charge in [0.25, 0.3) is 5.91 Å². The molecule has 3 aliphatic carbocycles. The van der Waals surface area contributed by atoms with Crippen LogP contribution in [0.15, 0.2) is 47.4 Å². The van der Waals surface area contributed by atoms with E-state index in [1.54, 1.807) is 13.0 Å².